The molecule has 0 aliphatic heterocycles. The summed E-state index contributed by atoms with van der Waals surface area (Å²) in [6.07, 6.45) is 1.68. The molecule has 5 heteroatoms. The Labute approximate surface area is 165 Å². The van der Waals surface area contributed by atoms with Crippen LogP contribution in [0.4, 0.5) is 5.69 Å². The van der Waals surface area contributed by atoms with E-state index in [1.807, 2.05) is 48.5 Å². The first-order valence-electron chi connectivity index (χ1n) is 7.25. The molecule has 0 aliphatic rings. The Bertz CT molecular complexity index is 1100. The number of nitrogens with zero attached hydrogens (tertiary/aromatic N) is 1. The number of aromatic hydroxyl groups is 1. The van der Waals surface area contributed by atoms with Crippen LogP contribution in [0.1, 0.15) is 5.56 Å². The van der Waals surface area contributed by atoms with Gasteiger partial charge in [0.2, 0.25) is 0 Å². The SMILES string of the molecule is Oc1c(I)cc(I)cc1C=Nc1ccc2c(c1)oc1ccccc12. The van der Waals surface area contributed by atoms with E-state index in [-0.39, 0.29) is 5.75 Å². The molecule has 118 valence electrons. The highest BCUT2D eigenvalue weighted by molar-refractivity contribution is 14.1. The smallest absolute Gasteiger partial charge is 0.137 e. The minimum atomic E-state index is 0.254. The first-order valence-corrected chi connectivity index (χ1v) is 9.41. The molecule has 1 aromatic heterocycles. The van der Waals surface area contributed by atoms with Crippen LogP contribution >= 0.6 is 45.2 Å². The van der Waals surface area contributed by atoms with Gasteiger partial charge in [-0.15, -0.1) is 0 Å². The third-order valence-electron chi connectivity index (χ3n) is 3.77. The van der Waals surface area contributed by atoms with Gasteiger partial charge < -0.3 is 9.52 Å². The number of para-hydroxylation sites is 1. The fourth-order valence-electron chi connectivity index (χ4n) is 2.62. The highest BCUT2D eigenvalue weighted by Crippen LogP contribution is 2.31. The number of hydrogen-bond acceptors (Lipinski definition) is 3. The van der Waals surface area contributed by atoms with Gasteiger partial charge in [-0.2, -0.15) is 0 Å². The highest BCUT2D eigenvalue weighted by Gasteiger charge is 2.07. The molecule has 0 atom stereocenters. The van der Waals surface area contributed by atoms with Gasteiger partial charge in [0.15, 0.2) is 0 Å². The molecular formula is C19H11I2NO2. The summed E-state index contributed by atoms with van der Waals surface area (Å²) in [6, 6.07) is 17.7. The van der Waals surface area contributed by atoms with Crippen LogP contribution in [0, 0.1) is 7.14 Å². The van der Waals surface area contributed by atoms with Crippen LogP contribution in [0.25, 0.3) is 21.9 Å². The van der Waals surface area contributed by atoms with Gasteiger partial charge in [-0.05, 0) is 75.5 Å². The zero-order valence-corrected chi connectivity index (χ0v) is 16.6. The summed E-state index contributed by atoms with van der Waals surface area (Å²) in [4.78, 5) is 4.49. The molecule has 0 saturated carbocycles. The molecule has 4 rings (SSSR count). The van der Waals surface area contributed by atoms with Crippen molar-refractivity contribution in [1.29, 1.82) is 0 Å². The number of furan rings is 1. The second-order valence-corrected chi connectivity index (χ2v) is 7.77. The van der Waals surface area contributed by atoms with Crippen LogP contribution in [0.15, 0.2) is 64.0 Å². The summed E-state index contributed by atoms with van der Waals surface area (Å²) in [7, 11) is 0. The van der Waals surface area contributed by atoms with Crippen molar-refractivity contribution in [2.75, 3.05) is 0 Å². The van der Waals surface area contributed by atoms with Crippen LogP contribution in [-0.4, -0.2) is 11.3 Å². The molecule has 0 unspecified atom stereocenters. The zero-order valence-electron chi connectivity index (χ0n) is 12.3. The van der Waals surface area contributed by atoms with Crippen molar-refractivity contribution < 1.29 is 9.52 Å². The summed E-state index contributed by atoms with van der Waals surface area (Å²) >= 11 is 4.35. The molecule has 1 N–H and O–H groups in total. The number of hydrogen-bond donors (Lipinski definition) is 1. The second-order valence-electron chi connectivity index (χ2n) is 5.36. The van der Waals surface area contributed by atoms with Crippen LogP contribution < -0.4 is 0 Å². The van der Waals surface area contributed by atoms with Crippen molar-refractivity contribution in [3.05, 3.63) is 67.3 Å². The number of phenols is 1. The lowest BCUT2D eigenvalue weighted by Crippen LogP contribution is -1.87. The van der Waals surface area contributed by atoms with Gasteiger partial charge in [-0.3, -0.25) is 4.99 Å². The van der Waals surface area contributed by atoms with Crippen molar-refractivity contribution in [3.8, 4) is 5.75 Å². The minimum absolute atomic E-state index is 0.254. The molecule has 0 radical (unpaired) electrons. The van der Waals surface area contributed by atoms with E-state index in [0.29, 0.717) is 5.56 Å². The van der Waals surface area contributed by atoms with Gasteiger partial charge in [0.25, 0.3) is 0 Å². The Morgan fingerprint density at radius 2 is 1.71 bits per heavy atom. The monoisotopic (exact) mass is 539 g/mol. The summed E-state index contributed by atoms with van der Waals surface area (Å²) in [5.74, 6) is 0.254. The van der Waals surface area contributed by atoms with Gasteiger partial charge in [-0.25, -0.2) is 0 Å². The molecule has 3 nitrogen and oxygen atoms in total. The summed E-state index contributed by atoms with van der Waals surface area (Å²) in [5.41, 5.74) is 3.18. The number of rotatable bonds is 2. The quantitative estimate of drug-likeness (QED) is 0.242. The number of aliphatic imine (C=N–C) groups is 1. The van der Waals surface area contributed by atoms with E-state index in [9.17, 15) is 5.11 Å². The predicted octanol–water partition coefficient (Wildman–Crippen LogP) is 6.25. The standard InChI is InChI=1S/C19H11I2NO2/c20-12-7-11(19(23)16(21)8-12)10-22-13-5-6-15-14-3-1-2-4-17(14)24-18(15)9-13/h1-10,23H. The van der Waals surface area contributed by atoms with Gasteiger partial charge in [-0.1, -0.05) is 18.2 Å². The van der Waals surface area contributed by atoms with Crippen molar-refractivity contribution in [3.63, 3.8) is 0 Å². The topological polar surface area (TPSA) is 45.7 Å². The Balaban J connectivity index is 1.76. The number of phenolic OH excluding ortho intramolecular Hbond substituents is 1. The lowest BCUT2D eigenvalue weighted by atomic mass is 10.1. The lowest BCUT2D eigenvalue weighted by Gasteiger charge is -2.02. The van der Waals surface area contributed by atoms with Crippen molar-refractivity contribution >= 4 is 79.0 Å². The Hall–Kier alpha value is -1.61. The molecular weight excluding hydrogens is 528 g/mol. The largest absolute Gasteiger partial charge is 0.506 e. The number of halogens is 2. The highest BCUT2D eigenvalue weighted by atomic mass is 127. The fraction of sp³-hybridized carbons (Fsp3) is 0. The Morgan fingerprint density at radius 1 is 0.917 bits per heavy atom. The fourth-order valence-corrected chi connectivity index (χ4v) is 4.51. The first kappa shape index (κ1) is 15.9. The predicted molar refractivity (Wildman–Crippen MR) is 115 cm³/mol. The first-order chi connectivity index (χ1) is 11.6. The van der Waals surface area contributed by atoms with Crippen molar-refractivity contribution in [2.24, 2.45) is 4.99 Å². The van der Waals surface area contributed by atoms with Gasteiger partial charge >= 0.3 is 0 Å². The zero-order chi connectivity index (χ0) is 16.7. The van der Waals surface area contributed by atoms with Crippen molar-refractivity contribution in [1.82, 2.24) is 0 Å². The van der Waals surface area contributed by atoms with E-state index in [2.05, 4.69) is 56.2 Å². The van der Waals surface area contributed by atoms with Gasteiger partial charge in [0.05, 0.1) is 9.26 Å². The third kappa shape index (κ3) is 2.90. The molecule has 0 saturated heterocycles. The molecule has 0 aliphatic carbocycles. The van der Waals surface area contributed by atoms with Gasteiger partial charge in [0, 0.05) is 32.2 Å². The van der Waals surface area contributed by atoms with E-state index < -0.39 is 0 Å². The number of benzene rings is 3. The third-order valence-corrected chi connectivity index (χ3v) is 5.22. The van der Waals surface area contributed by atoms with Crippen molar-refractivity contribution in [2.45, 2.75) is 0 Å². The average Bonchev–Trinajstić information content (AvgIpc) is 2.94. The molecule has 0 spiro atoms. The Kier molecular flexibility index (Phi) is 4.21. The number of fused-ring (bicyclic) bond motifs is 3. The maximum Gasteiger partial charge on any atom is 0.137 e. The minimum Gasteiger partial charge on any atom is -0.506 e. The molecule has 0 fully saturated rings. The molecule has 24 heavy (non-hydrogen) atoms. The lowest BCUT2D eigenvalue weighted by molar-refractivity contribution is 0.470. The van der Waals surface area contributed by atoms with E-state index in [1.165, 1.54) is 0 Å². The van der Waals surface area contributed by atoms with E-state index in [0.717, 1.165) is 34.8 Å². The maximum absolute atomic E-state index is 10.1. The molecule has 4 aromatic rings. The van der Waals surface area contributed by atoms with Gasteiger partial charge in [0.1, 0.15) is 16.9 Å². The normalized spacial score (nSPS) is 11.8. The molecule has 0 amide bonds. The van der Waals surface area contributed by atoms with E-state index in [1.54, 1.807) is 6.21 Å². The van der Waals surface area contributed by atoms with Crippen LogP contribution in [0.3, 0.4) is 0 Å². The maximum atomic E-state index is 10.1. The molecule has 1 heterocycles. The summed E-state index contributed by atoms with van der Waals surface area (Å²) < 4.78 is 7.75. The van der Waals surface area contributed by atoms with E-state index in [4.69, 9.17) is 4.42 Å². The Morgan fingerprint density at radius 3 is 2.58 bits per heavy atom. The van der Waals surface area contributed by atoms with Crippen LogP contribution in [-0.2, 0) is 0 Å². The average molecular weight is 539 g/mol. The van der Waals surface area contributed by atoms with Crippen LogP contribution in [0.2, 0.25) is 0 Å². The second kappa shape index (κ2) is 6.36. The molecule has 3 aromatic carbocycles. The molecule has 0 bridgehead atoms. The summed E-state index contributed by atoms with van der Waals surface area (Å²) in [5, 5.41) is 12.3. The summed E-state index contributed by atoms with van der Waals surface area (Å²) in [6.45, 7) is 0. The van der Waals surface area contributed by atoms with E-state index >= 15 is 0 Å². The van der Waals surface area contributed by atoms with Crippen LogP contribution in [0.5, 0.6) is 5.75 Å².